The monoisotopic (exact) mass is 217 g/mol. The van der Waals surface area contributed by atoms with Crippen molar-refractivity contribution in [1.82, 2.24) is 5.32 Å². The maximum Gasteiger partial charge on any atom is 0.308 e. The Bertz CT molecular complexity index is 154. The van der Waals surface area contributed by atoms with Crippen LogP contribution in [-0.4, -0.2) is 38.4 Å². The van der Waals surface area contributed by atoms with Gasteiger partial charge in [-0.2, -0.15) is 0 Å². The molecular weight excluding hydrogens is 194 g/mol. The Morgan fingerprint density at radius 1 is 1.40 bits per heavy atom. The van der Waals surface area contributed by atoms with Gasteiger partial charge in [0, 0.05) is 6.54 Å². The lowest BCUT2D eigenvalue weighted by Crippen LogP contribution is -2.18. The predicted octanol–water partition coefficient (Wildman–Crippen LogP) is 0.938. The van der Waals surface area contributed by atoms with E-state index in [2.05, 4.69) is 10.1 Å². The molecule has 0 aliphatic heterocycles. The van der Waals surface area contributed by atoms with Crippen LogP contribution in [-0.2, 0) is 9.53 Å². The summed E-state index contributed by atoms with van der Waals surface area (Å²) in [5.74, 6) is 0.193. The first-order valence-corrected chi connectivity index (χ1v) is 5.59. The summed E-state index contributed by atoms with van der Waals surface area (Å²) < 4.78 is 4.65. The van der Waals surface area contributed by atoms with Gasteiger partial charge in [0.2, 0.25) is 0 Å². The van der Waals surface area contributed by atoms with E-state index in [4.69, 9.17) is 5.11 Å². The normalized spacial score (nSPS) is 16.5. The first kappa shape index (κ1) is 14.4. The van der Waals surface area contributed by atoms with Gasteiger partial charge in [-0.25, -0.2) is 0 Å². The quantitative estimate of drug-likeness (QED) is 0.691. The SMILES string of the molecule is CNCCO.COC(=O)C1CCCCC1. The van der Waals surface area contributed by atoms with Crippen LogP contribution < -0.4 is 5.32 Å². The minimum absolute atomic E-state index is 0.0142. The summed E-state index contributed by atoms with van der Waals surface area (Å²) in [5.41, 5.74) is 0. The summed E-state index contributed by atoms with van der Waals surface area (Å²) in [5, 5.41) is 10.8. The molecule has 0 aromatic heterocycles. The van der Waals surface area contributed by atoms with E-state index in [1.807, 2.05) is 0 Å². The number of ether oxygens (including phenoxy) is 1. The van der Waals surface area contributed by atoms with Crippen molar-refractivity contribution in [3.05, 3.63) is 0 Å². The number of hydrogen-bond donors (Lipinski definition) is 2. The molecule has 0 heterocycles. The van der Waals surface area contributed by atoms with Gasteiger partial charge in [-0.3, -0.25) is 4.79 Å². The molecule has 0 radical (unpaired) electrons. The molecule has 0 aromatic carbocycles. The highest BCUT2D eigenvalue weighted by Crippen LogP contribution is 2.24. The highest BCUT2D eigenvalue weighted by Gasteiger charge is 2.20. The molecule has 1 fully saturated rings. The van der Waals surface area contributed by atoms with E-state index in [0.717, 1.165) is 12.8 Å². The summed E-state index contributed by atoms with van der Waals surface area (Å²) in [6.45, 7) is 0.927. The van der Waals surface area contributed by atoms with Crippen LogP contribution in [0.1, 0.15) is 32.1 Å². The van der Waals surface area contributed by atoms with E-state index < -0.39 is 0 Å². The predicted molar refractivity (Wildman–Crippen MR) is 59.6 cm³/mol. The molecule has 0 bridgehead atoms. The number of likely N-dealkylation sites (N-methyl/N-ethyl adjacent to an activating group) is 1. The Kier molecular flexibility index (Phi) is 9.52. The topological polar surface area (TPSA) is 58.6 Å². The zero-order valence-corrected chi connectivity index (χ0v) is 9.79. The van der Waals surface area contributed by atoms with Crippen molar-refractivity contribution in [2.24, 2.45) is 5.92 Å². The van der Waals surface area contributed by atoms with Gasteiger partial charge >= 0.3 is 5.97 Å². The number of aliphatic hydroxyl groups is 1. The highest BCUT2D eigenvalue weighted by molar-refractivity contribution is 5.72. The number of nitrogens with one attached hydrogen (secondary N) is 1. The lowest BCUT2D eigenvalue weighted by Gasteiger charge is -2.18. The summed E-state index contributed by atoms with van der Waals surface area (Å²) in [6.07, 6.45) is 5.74. The molecule has 1 rings (SSSR count). The van der Waals surface area contributed by atoms with Gasteiger partial charge in [-0.1, -0.05) is 19.3 Å². The number of aliphatic hydroxyl groups excluding tert-OH is 1. The van der Waals surface area contributed by atoms with Gasteiger partial charge in [-0.15, -0.1) is 0 Å². The van der Waals surface area contributed by atoms with Crippen LogP contribution in [0, 0.1) is 5.92 Å². The van der Waals surface area contributed by atoms with Crippen molar-refractivity contribution in [2.45, 2.75) is 32.1 Å². The molecule has 0 amide bonds. The van der Waals surface area contributed by atoms with Crippen LogP contribution in [0.5, 0.6) is 0 Å². The van der Waals surface area contributed by atoms with Gasteiger partial charge in [-0.05, 0) is 19.9 Å². The van der Waals surface area contributed by atoms with E-state index in [-0.39, 0.29) is 18.5 Å². The second-order valence-electron chi connectivity index (χ2n) is 3.69. The van der Waals surface area contributed by atoms with Crippen molar-refractivity contribution < 1.29 is 14.6 Å². The van der Waals surface area contributed by atoms with E-state index in [1.165, 1.54) is 26.4 Å². The third-order valence-electron chi connectivity index (χ3n) is 2.50. The molecule has 0 atom stereocenters. The Morgan fingerprint density at radius 3 is 2.33 bits per heavy atom. The minimum atomic E-state index is -0.0142. The van der Waals surface area contributed by atoms with E-state index >= 15 is 0 Å². The van der Waals surface area contributed by atoms with Crippen molar-refractivity contribution >= 4 is 5.97 Å². The van der Waals surface area contributed by atoms with Crippen molar-refractivity contribution in [1.29, 1.82) is 0 Å². The smallest absolute Gasteiger partial charge is 0.308 e. The minimum Gasteiger partial charge on any atom is -0.469 e. The van der Waals surface area contributed by atoms with Crippen LogP contribution in [0.15, 0.2) is 0 Å². The largest absolute Gasteiger partial charge is 0.469 e. The standard InChI is InChI=1S/C8H14O2.C3H9NO/c1-10-8(9)7-5-3-2-4-6-7;1-4-2-3-5/h7H,2-6H2,1H3;4-5H,2-3H2,1H3. The van der Waals surface area contributed by atoms with Gasteiger partial charge in [0.1, 0.15) is 0 Å². The number of esters is 1. The van der Waals surface area contributed by atoms with Crippen LogP contribution in [0.3, 0.4) is 0 Å². The number of methoxy groups -OCH3 is 1. The second kappa shape index (κ2) is 9.93. The number of carbonyl (C=O) groups excluding carboxylic acids is 1. The number of hydrogen-bond acceptors (Lipinski definition) is 4. The lowest BCUT2D eigenvalue weighted by molar-refractivity contribution is -0.146. The fraction of sp³-hybridized carbons (Fsp3) is 0.909. The Balaban J connectivity index is 0.000000336. The Morgan fingerprint density at radius 2 is 2.00 bits per heavy atom. The van der Waals surface area contributed by atoms with Gasteiger partial charge in [0.15, 0.2) is 0 Å². The summed E-state index contributed by atoms with van der Waals surface area (Å²) >= 11 is 0. The molecular formula is C11H23NO3. The van der Waals surface area contributed by atoms with E-state index in [0.29, 0.717) is 6.54 Å². The first-order valence-electron chi connectivity index (χ1n) is 5.59. The van der Waals surface area contributed by atoms with Crippen LogP contribution in [0.25, 0.3) is 0 Å². The summed E-state index contributed by atoms with van der Waals surface area (Å²) in [6, 6.07) is 0. The number of rotatable bonds is 3. The fourth-order valence-electron chi connectivity index (χ4n) is 1.62. The van der Waals surface area contributed by atoms with Gasteiger partial charge in [0.05, 0.1) is 19.6 Å². The summed E-state index contributed by atoms with van der Waals surface area (Å²) in [4.78, 5) is 10.9. The highest BCUT2D eigenvalue weighted by atomic mass is 16.5. The molecule has 2 N–H and O–H groups in total. The molecule has 4 heteroatoms. The Labute approximate surface area is 92.0 Å². The average Bonchev–Trinajstić information content (AvgIpc) is 2.31. The molecule has 0 saturated heterocycles. The van der Waals surface area contributed by atoms with E-state index in [9.17, 15) is 4.79 Å². The fourth-order valence-corrected chi connectivity index (χ4v) is 1.62. The molecule has 4 nitrogen and oxygen atoms in total. The van der Waals surface area contributed by atoms with Crippen molar-refractivity contribution in [3.8, 4) is 0 Å². The van der Waals surface area contributed by atoms with Crippen LogP contribution in [0.2, 0.25) is 0 Å². The molecule has 1 aliphatic rings. The van der Waals surface area contributed by atoms with Gasteiger partial charge < -0.3 is 15.2 Å². The molecule has 1 saturated carbocycles. The first-order chi connectivity index (χ1) is 7.26. The molecule has 15 heavy (non-hydrogen) atoms. The van der Waals surface area contributed by atoms with Crippen molar-refractivity contribution in [3.63, 3.8) is 0 Å². The molecule has 0 aromatic rings. The van der Waals surface area contributed by atoms with Crippen molar-refractivity contribution in [2.75, 3.05) is 27.3 Å². The third-order valence-corrected chi connectivity index (χ3v) is 2.50. The van der Waals surface area contributed by atoms with Crippen LogP contribution >= 0.6 is 0 Å². The maximum atomic E-state index is 10.9. The molecule has 1 aliphatic carbocycles. The molecule has 90 valence electrons. The average molecular weight is 217 g/mol. The lowest BCUT2D eigenvalue weighted by atomic mass is 9.89. The zero-order valence-electron chi connectivity index (χ0n) is 9.79. The van der Waals surface area contributed by atoms with E-state index in [1.54, 1.807) is 7.05 Å². The zero-order chi connectivity index (χ0) is 11.5. The van der Waals surface area contributed by atoms with Gasteiger partial charge in [0.25, 0.3) is 0 Å². The molecule has 0 unspecified atom stereocenters. The summed E-state index contributed by atoms with van der Waals surface area (Å²) in [7, 11) is 3.27. The third kappa shape index (κ3) is 7.33. The number of carbonyl (C=O) groups is 1. The molecule has 0 spiro atoms. The second-order valence-corrected chi connectivity index (χ2v) is 3.69. The van der Waals surface area contributed by atoms with Crippen LogP contribution in [0.4, 0.5) is 0 Å². The maximum absolute atomic E-state index is 10.9. The Hall–Kier alpha value is -0.610.